The SMILES string of the molecule is CCO[Si](C)(C)I. The summed E-state index contributed by atoms with van der Waals surface area (Å²) in [6, 6.07) is 0. The predicted molar refractivity (Wildman–Crippen MR) is 43.1 cm³/mol. The summed E-state index contributed by atoms with van der Waals surface area (Å²) in [5.74, 6) is -1.19. The molecule has 7 heavy (non-hydrogen) atoms. The molecule has 0 rings (SSSR count). The predicted octanol–water partition coefficient (Wildman–Crippen LogP) is 2.16. The van der Waals surface area contributed by atoms with Crippen LogP contribution in [0, 0.1) is 0 Å². The van der Waals surface area contributed by atoms with E-state index >= 15 is 0 Å². The molecule has 0 saturated carbocycles. The molecule has 44 valence electrons. The van der Waals surface area contributed by atoms with Crippen LogP contribution in [0.4, 0.5) is 0 Å². The van der Waals surface area contributed by atoms with Crippen molar-refractivity contribution in [2.45, 2.75) is 20.0 Å². The maximum absolute atomic E-state index is 5.35. The van der Waals surface area contributed by atoms with Crippen LogP contribution >= 0.6 is 21.8 Å². The summed E-state index contributed by atoms with van der Waals surface area (Å²) in [7, 11) is 0. The zero-order chi connectivity index (χ0) is 5.91. The fourth-order valence-corrected chi connectivity index (χ4v) is 1.96. The lowest BCUT2D eigenvalue weighted by Gasteiger charge is -2.11. The Bertz CT molecular complexity index is 50.1. The number of rotatable bonds is 2. The van der Waals surface area contributed by atoms with Gasteiger partial charge in [-0.3, -0.25) is 0 Å². The first-order chi connectivity index (χ1) is 3.06. The Labute approximate surface area is 58.8 Å². The molecule has 0 atom stereocenters. The molecule has 1 nitrogen and oxygen atoms in total. The van der Waals surface area contributed by atoms with Gasteiger partial charge in [0.15, 0.2) is 0 Å². The van der Waals surface area contributed by atoms with Gasteiger partial charge >= 0.3 is 0 Å². The van der Waals surface area contributed by atoms with Gasteiger partial charge in [-0.05, 0) is 20.0 Å². The zero-order valence-electron chi connectivity index (χ0n) is 4.99. The van der Waals surface area contributed by atoms with Crippen LogP contribution in [0.25, 0.3) is 0 Å². The van der Waals surface area contributed by atoms with Gasteiger partial charge in [0.2, 0.25) is 0 Å². The first-order valence-electron chi connectivity index (χ1n) is 2.39. The summed E-state index contributed by atoms with van der Waals surface area (Å²) in [6.07, 6.45) is 0. The molecule has 0 aliphatic rings. The summed E-state index contributed by atoms with van der Waals surface area (Å²) in [5, 5.41) is 0. The summed E-state index contributed by atoms with van der Waals surface area (Å²) in [4.78, 5) is 0. The van der Waals surface area contributed by atoms with E-state index in [1.165, 1.54) is 0 Å². The zero-order valence-corrected chi connectivity index (χ0v) is 8.15. The molecule has 0 N–H and O–H groups in total. The fraction of sp³-hybridized carbons (Fsp3) is 1.00. The van der Waals surface area contributed by atoms with Gasteiger partial charge in [0.05, 0.1) is 0 Å². The van der Waals surface area contributed by atoms with Gasteiger partial charge in [-0.15, -0.1) is 0 Å². The summed E-state index contributed by atoms with van der Waals surface area (Å²) < 4.78 is 5.35. The van der Waals surface area contributed by atoms with E-state index in [0.717, 1.165) is 6.61 Å². The Kier molecular flexibility index (Phi) is 3.43. The van der Waals surface area contributed by atoms with Gasteiger partial charge in [-0.1, -0.05) is 21.8 Å². The van der Waals surface area contributed by atoms with E-state index in [9.17, 15) is 0 Å². The molecule has 0 aromatic heterocycles. The normalized spacial score (nSPS) is 12.0. The lowest BCUT2D eigenvalue weighted by molar-refractivity contribution is 0.348. The van der Waals surface area contributed by atoms with Crippen molar-refractivity contribution in [1.29, 1.82) is 0 Å². The van der Waals surface area contributed by atoms with Gasteiger partial charge in [0.1, 0.15) is 0 Å². The van der Waals surface area contributed by atoms with E-state index in [0.29, 0.717) is 0 Å². The Hall–Kier alpha value is 0.907. The second-order valence-corrected chi connectivity index (χ2v) is 12.6. The first kappa shape index (κ1) is 7.91. The summed E-state index contributed by atoms with van der Waals surface area (Å²) >= 11 is 2.39. The Morgan fingerprint density at radius 2 is 2.00 bits per heavy atom. The van der Waals surface area contributed by atoms with Crippen molar-refractivity contribution in [3.8, 4) is 0 Å². The highest BCUT2D eigenvalue weighted by Gasteiger charge is 2.14. The quantitative estimate of drug-likeness (QED) is 0.401. The van der Waals surface area contributed by atoms with Crippen LogP contribution in [-0.2, 0) is 4.43 Å². The van der Waals surface area contributed by atoms with E-state index in [1.54, 1.807) is 0 Å². The first-order valence-corrected chi connectivity index (χ1v) is 8.41. The van der Waals surface area contributed by atoms with E-state index in [2.05, 4.69) is 34.9 Å². The minimum absolute atomic E-state index is 0.863. The summed E-state index contributed by atoms with van der Waals surface area (Å²) in [5.41, 5.74) is 0. The fourth-order valence-electron chi connectivity index (χ4n) is 0.343. The van der Waals surface area contributed by atoms with E-state index in [4.69, 9.17) is 4.43 Å². The van der Waals surface area contributed by atoms with E-state index in [1.807, 2.05) is 6.92 Å². The molecule has 0 aromatic carbocycles. The summed E-state index contributed by atoms with van der Waals surface area (Å²) in [6.45, 7) is 7.25. The van der Waals surface area contributed by atoms with Crippen molar-refractivity contribution >= 4 is 27.6 Å². The lowest BCUT2D eigenvalue weighted by atomic mass is 10.9. The molecule has 0 amide bonds. The minimum atomic E-state index is -1.19. The van der Waals surface area contributed by atoms with Gasteiger partial charge in [0, 0.05) is 6.61 Å². The number of hydrogen-bond donors (Lipinski definition) is 0. The molecular weight excluding hydrogens is 219 g/mol. The van der Waals surface area contributed by atoms with Gasteiger partial charge < -0.3 is 4.43 Å². The molecule has 0 radical (unpaired) electrons. The van der Waals surface area contributed by atoms with Crippen LogP contribution < -0.4 is 0 Å². The lowest BCUT2D eigenvalue weighted by Crippen LogP contribution is -2.20. The molecular formula is C4H11IOSi. The maximum atomic E-state index is 5.35. The highest BCUT2D eigenvalue weighted by atomic mass is 127. The standard InChI is InChI=1S/C4H11IOSi/c1-4-6-7(2,3)5/h4H2,1-3H3. The topological polar surface area (TPSA) is 9.23 Å². The van der Waals surface area contributed by atoms with Crippen molar-refractivity contribution < 1.29 is 4.43 Å². The monoisotopic (exact) mass is 230 g/mol. The van der Waals surface area contributed by atoms with Crippen LogP contribution in [-0.4, -0.2) is 12.4 Å². The van der Waals surface area contributed by atoms with Crippen LogP contribution in [0.2, 0.25) is 13.1 Å². The van der Waals surface area contributed by atoms with Crippen molar-refractivity contribution in [2.24, 2.45) is 0 Å². The molecule has 0 unspecified atom stereocenters. The van der Waals surface area contributed by atoms with Crippen LogP contribution in [0.3, 0.4) is 0 Å². The molecule has 3 heteroatoms. The Balaban J connectivity index is 3.15. The second-order valence-electron chi connectivity index (χ2n) is 1.80. The molecule has 0 aliphatic heterocycles. The smallest absolute Gasteiger partial charge is 0.252 e. The average Bonchev–Trinajstić information content (AvgIpc) is 1.30. The molecule has 0 aromatic rings. The second kappa shape index (κ2) is 3.04. The molecule has 0 heterocycles. The van der Waals surface area contributed by atoms with Crippen molar-refractivity contribution in [2.75, 3.05) is 6.61 Å². The third-order valence-corrected chi connectivity index (χ3v) is 2.40. The minimum Gasteiger partial charge on any atom is -0.408 e. The van der Waals surface area contributed by atoms with Crippen molar-refractivity contribution in [1.82, 2.24) is 0 Å². The maximum Gasteiger partial charge on any atom is 0.252 e. The van der Waals surface area contributed by atoms with Gasteiger partial charge in [-0.2, -0.15) is 0 Å². The average molecular weight is 230 g/mol. The van der Waals surface area contributed by atoms with E-state index < -0.39 is 5.81 Å². The molecule has 0 saturated heterocycles. The highest BCUT2D eigenvalue weighted by molar-refractivity contribution is 14.1. The molecule has 0 bridgehead atoms. The van der Waals surface area contributed by atoms with Crippen molar-refractivity contribution in [3.05, 3.63) is 0 Å². The van der Waals surface area contributed by atoms with Crippen LogP contribution in [0.1, 0.15) is 6.92 Å². The Morgan fingerprint density at radius 1 is 1.57 bits per heavy atom. The number of hydrogen-bond acceptors (Lipinski definition) is 1. The van der Waals surface area contributed by atoms with Crippen molar-refractivity contribution in [3.63, 3.8) is 0 Å². The largest absolute Gasteiger partial charge is 0.408 e. The molecule has 0 aliphatic carbocycles. The third kappa shape index (κ3) is 6.91. The van der Waals surface area contributed by atoms with Crippen LogP contribution in [0.15, 0.2) is 0 Å². The van der Waals surface area contributed by atoms with Crippen LogP contribution in [0.5, 0.6) is 0 Å². The molecule has 0 fully saturated rings. The number of halogens is 1. The molecule has 0 spiro atoms. The Morgan fingerprint density at radius 3 is 2.00 bits per heavy atom. The van der Waals surface area contributed by atoms with Gasteiger partial charge in [-0.25, -0.2) is 0 Å². The van der Waals surface area contributed by atoms with Gasteiger partial charge in [0.25, 0.3) is 5.81 Å². The third-order valence-electron chi connectivity index (χ3n) is 0.488. The highest BCUT2D eigenvalue weighted by Crippen LogP contribution is 2.11. The van der Waals surface area contributed by atoms with E-state index in [-0.39, 0.29) is 0 Å².